The van der Waals surface area contributed by atoms with Gasteiger partial charge >= 0.3 is 0 Å². The van der Waals surface area contributed by atoms with Crippen molar-refractivity contribution in [2.24, 2.45) is 0 Å². The summed E-state index contributed by atoms with van der Waals surface area (Å²) >= 11 is 0. The molecule has 2 nitrogen and oxygen atoms in total. The van der Waals surface area contributed by atoms with Crippen molar-refractivity contribution in [3.05, 3.63) is 286 Å². The third kappa shape index (κ3) is 7.83. The van der Waals surface area contributed by atoms with Crippen molar-refractivity contribution in [3.63, 3.8) is 0 Å². The highest BCUT2D eigenvalue weighted by molar-refractivity contribution is 7.20. The minimum atomic E-state index is -1.40. The normalized spacial score (nSPS) is 11.2. The lowest BCUT2D eigenvalue weighted by Gasteiger charge is -2.44. The second-order valence-electron chi connectivity index (χ2n) is 16.0. The Bertz CT molecular complexity index is 2640. The number of nitrogens with one attached hydrogen (secondary N) is 1. The van der Waals surface area contributed by atoms with Gasteiger partial charge in [0.05, 0.1) is 0 Å². The van der Waals surface area contributed by atoms with Crippen LogP contribution in [0.3, 0.4) is 0 Å². The second-order valence-corrected chi connectivity index (χ2v) is 16.0. The first-order valence-electron chi connectivity index (χ1n) is 21.6. The summed E-state index contributed by atoms with van der Waals surface area (Å²) in [5, 5.41) is 0. The lowest BCUT2D eigenvalue weighted by molar-refractivity contribution is -0.595. The van der Waals surface area contributed by atoms with Gasteiger partial charge in [0.2, 0.25) is 5.69 Å². The number of hydrogen-bond donors (Lipinski definition) is 0. The molecule has 0 aliphatic carbocycles. The number of aromatic amines is 1. The molecule has 0 amide bonds. The molecule has 10 rings (SSSR count). The van der Waals surface area contributed by atoms with Crippen LogP contribution in [-0.2, 0) is 0 Å². The Hall–Kier alpha value is -7.81. The average Bonchev–Trinajstić information content (AvgIpc) is 3.37. The van der Waals surface area contributed by atoms with E-state index in [-0.39, 0.29) is 0 Å². The summed E-state index contributed by atoms with van der Waals surface area (Å²) in [6.45, 7) is 0. The van der Waals surface area contributed by atoms with Crippen molar-refractivity contribution < 1.29 is 9.55 Å². The van der Waals surface area contributed by atoms with Crippen molar-refractivity contribution >= 4 is 56.0 Å². The summed E-state index contributed by atoms with van der Waals surface area (Å²) in [7, 11) is 0. The maximum Gasteiger partial charge on any atom is 0.207 e. The van der Waals surface area contributed by atoms with Gasteiger partial charge in [-0.25, -0.2) is 4.98 Å². The van der Waals surface area contributed by atoms with E-state index in [1.807, 2.05) is 12.4 Å². The Morgan fingerprint density at radius 2 is 0.532 bits per heavy atom. The monoisotopic (exact) mass is 794 g/mol. The maximum atomic E-state index is 3.10. The molecule has 0 aliphatic heterocycles. The van der Waals surface area contributed by atoms with E-state index in [1.54, 1.807) is 0 Å². The van der Waals surface area contributed by atoms with Crippen LogP contribution >= 0.6 is 0 Å². The van der Waals surface area contributed by atoms with E-state index >= 15 is 0 Å². The van der Waals surface area contributed by atoms with Gasteiger partial charge in [0.25, 0.3) is 0 Å². The van der Waals surface area contributed by atoms with E-state index in [9.17, 15) is 0 Å². The molecule has 62 heavy (non-hydrogen) atoms. The molecule has 2 heterocycles. The fourth-order valence-electron chi connectivity index (χ4n) is 9.83. The number of pyridine rings is 2. The highest BCUT2D eigenvalue weighted by Crippen LogP contribution is 2.17. The summed E-state index contributed by atoms with van der Waals surface area (Å²) in [6, 6.07) is 93.9. The quantitative estimate of drug-likeness (QED) is 0.106. The zero-order valence-corrected chi connectivity index (χ0v) is 34.7. The van der Waals surface area contributed by atoms with Crippen molar-refractivity contribution in [1.82, 2.24) is 0 Å². The molecule has 0 atom stereocenters. The SMILES string of the molecule is c1ccc([B-](c2ccccc2)(c2ccccc2)c2cccc(-[n+]3ccc(-c4cc[nH+]cc4)cc3)c2)cc1.c1ccc([B-](c2ccccc2)(c2ccccc2)c2ccccc2)cc1. The first-order chi connectivity index (χ1) is 30.8. The molecule has 10 aromatic rings. The van der Waals surface area contributed by atoms with Gasteiger partial charge in [-0.2, -0.15) is 48.3 Å². The van der Waals surface area contributed by atoms with Crippen LogP contribution in [0.15, 0.2) is 286 Å². The number of H-pyrrole nitrogens is 1. The van der Waals surface area contributed by atoms with Gasteiger partial charge in [-0.05, 0) is 17.2 Å². The topological polar surface area (TPSA) is 18.0 Å². The highest BCUT2D eigenvalue weighted by Gasteiger charge is 2.33. The summed E-state index contributed by atoms with van der Waals surface area (Å²) in [5.74, 6) is 0. The van der Waals surface area contributed by atoms with Crippen LogP contribution in [0.25, 0.3) is 16.8 Å². The summed E-state index contributed by atoms with van der Waals surface area (Å²) in [4.78, 5) is 3.10. The number of aromatic nitrogens is 2. The van der Waals surface area contributed by atoms with Crippen LogP contribution in [0.5, 0.6) is 0 Å². The summed E-state index contributed by atoms with van der Waals surface area (Å²) in [6.07, 6.45) is 5.59. The molecule has 0 fully saturated rings. The van der Waals surface area contributed by atoms with Gasteiger partial charge in [-0.3, -0.25) is 0 Å². The molecule has 296 valence electrons. The van der Waals surface area contributed by atoms with Gasteiger partial charge < -0.3 is 0 Å². The van der Waals surface area contributed by atoms with Crippen LogP contribution in [-0.4, -0.2) is 12.3 Å². The summed E-state index contributed by atoms with van der Waals surface area (Å²) < 4.78 is 2.20. The molecule has 0 saturated heterocycles. The third-order valence-electron chi connectivity index (χ3n) is 12.6. The Morgan fingerprint density at radius 3 is 0.855 bits per heavy atom. The van der Waals surface area contributed by atoms with E-state index < -0.39 is 12.3 Å². The average molecular weight is 795 g/mol. The van der Waals surface area contributed by atoms with Gasteiger partial charge in [0, 0.05) is 30.3 Å². The van der Waals surface area contributed by atoms with E-state index in [0.29, 0.717) is 0 Å². The third-order valence-corrected chi connectivity index (χ3v) is 12.6. The maximum absolute atomic E-state index is 3.10. The van der Waals surface area contributed by atoms with Gasteiger partial charge in [0.1, 0.15) is 12.3 Å². The number of hydrogen-bond acceptors (Lipinski definition) is 0. The minimum Gasteiger partial charge on any atom is -0.218 e. The Kier molecular flexibility index (Phi) is 11.9. The van der Waals surface area contributed by atoms with Crippen LogP contribution in [0.4, 0.5) is 0 Å². The van der Waals surface area contributed by atoms with Gasteiger partial charge in [-0.15, -0.1) is 0 Å². The molecule has 0 radical (unpaired) electrons. The number of benzene rings is 8. The smallest absolute Gasteiger partial charge is 0.207 e. The molecule has 0 spiro atoms. The second kappa shape index (κ2) is 18.6. The zero-order chi connectivity index (χ0) is 41.9. The van der Waals surface area contributed by atoms with E-state index in [1.165, 1.54) is 54.8 Å². The van der Waals surface area contributed by atoms with Crippen LogP contribution < -0.4 is 53.3 Å². The van der Waals surface area contributed by atoms with Crippen molar-refractivity contribution in [2.45, 2.75) is 0 Å². The molecule has 4 heteroatoms. The largest absolute Gasteiger partial charge is 0.218 e. The molecule has 2 aromatic heterocycles. The van der Waals surface area contributed by atoms with E-state index in [0.717, 1.165) is 5.69 Å². The van der Waals surface area contributed by atoms with E-state index in [4.69, 9.17) is 0 Å². The van der Waals surface area contributed by atoms with Crippen molar-refractivity contribution in [2.75, 3.05) is 0 Å². The van der Waals surface area contributed by atoms with Gasteiger partial charge in [-0.1, -0.05) is 224 Å². The van der Waals surface area contributed by atoms with Crippen molar-refractivity contribution in [3.8, 4) is 16.8 Å². The molecular formula is C58H48B2N2. The minimum absolute atomic E-state index is 1.14. The Morgan fingerprint density at radius 1 is 0.258 bits per heavy atom. The first-order valence-corrected chi connectivity index (χ1v) is 21.6. The van der Waals surface area contributed by atoms with Crippen LogP contribution in [0, 0.1) is 0 Å². The van der Waals surface area contributed by atoms with Gasteiger partial charge in [0.15, 0.2) is 24.8 Å². The Balaban J connectivity index is 0.000000171. The lowest BCUT2D eigenvalue weighted by Crippen LogP contribution is -2.74. The fraction of sp³-hybridized carbons (Fsp3) is 0. The van der Waals surface area contributed by atoms with Crippen molar-refractivity contribution in [1.29, 1.82) is 0 Å². The van der Waals surface area contributed by atoms with E-state index in [2.05, 4.69) is 283 Å². The standard InChI is InChI=1S/C34H27BN2.C24H20B/c1-4-11-30(12-5-1)35(31-13-6-2-7-14-31,32-15-8-3-9-16-32)33-17-10-18-34(27-33)37-25-21-29(22-26-37)28-19-23-36-24-20-28;1-5-13-21(14-6-1)25(22-15-7-2-8-16-22,23-17-9-3-10-18-23)24-19-11-4-12-20-24/h1-27H;1-20H/q;-1/p+1. The number of rotatable bonds is 10. The molecular weight excluding hydrogens is 746 g/mol. The molecule has 0 aliphatic rings. The molecule has 1 N–H and O–H groups in total. The predicted molar refractivity (Wildman–Crippen MR) is 264 cm³/mol. The molecule has 0 bridgehead atoms. The highest BCUT2D eigenvalue weighted by atomic mass is 14.9. The lowest BCUT2D eigenvalue weighted by atomic mass is 9.13. The Labute approximate surface area is 366 Å². The zero-order valence-electron chi connectivity index (χ0n) is 34.7. The van der Waals surface area contributed by atoms with Crippen LogP contribution in [0.2, 0.25) is 0 Å². The number of nitrogens with zero attached hydrogens (tertiary/aromatic N) is 1. The predicted octanol–water partition coefficient (Wildman–Crippen LogP) is 6.89. The molecule has 0 saturated carbocycles. The summed E-state index contributed by atoms with van der Waals surface area (Å²) in [5.41, 5.74) is 14.1. The first kappa shape index (κ1) is 39.6. The van der Waals surface area contributed by atoms with Crippen LogP contribution in [0.1, 0.15) is 0 Å². The molecule has 0 unspecified atom stereocenters. The molecule has 8 aromatic carbocycles. The fourth-order valence-corrected chi connectivity index (χ4v) is 9.83.